The molecule has 5 heteroatoms. The van der Waals surface area contributed by atoms with Gasteiger partial charge >= 0.3 is 0 Å². The van der Waals surface area contributed by atoms with Crippen LogP contribution in [0, 0.1) is 0 Å². The largest absolute Gasteiger partial charge is 0.417 e. The minimum atomic E-state index is -1.52. The van der Waals surface area contributed by atoms with Gasteiger partial charge in [0.05, 0.1) is 14.0 Å². The summed E-state index contributed by atoms with van der Waals surface area (Å²) in [5, 5.41) is -0.0763. The fourth-order valence-corrected chi connectivity index (χ4v) is 13.8. The molecule has 2 heterocycles. The first-order valence-corrected chi connectivity index (χ1v) is 21.6. The highest BCUT2D eigenvalue weighted by atomic mass is 28.3. The van der Waals surface area contributed by atoms with E-state index in [4.69, 9.17) is 13.9 Å². The Bertz CT molecular complexity index is 516. The van der Waals surface area contributed by atoms with E-state index < -0.39 is 17.8 Å². The molecule has 2 saturated heterocycles. The monoisotopic (exact) mass is 540 g/mol. The van der Waals surface area contributed by atoms with E-state index in [2.05, 4.69) is 26.6 Å². The second-order valence-electron chi connectivity index (χ2n) is 12.4. The lowest BCUT2D eigenvalue weighted by Crippen LogP contribution is -2.72. The fourth-order valence-electron chi connectivity index (χ4n) is 6.95. The average Bonchev–Trinajstić information content (AvgIpc) is 2.91. The van der Waals surface area contributed by atoms with Crippen molar-refractivity contribution in [3.63, 3.8) is 0 Å². The van der Waals surface area contributed by atoms with E-state index >= 15 is 0 Å². The first-order chi connectivity index (χ1) is 17.6. The third-order valence-corrected chi connectivity index (χ3v) is 15.4. The molecule has 0 N–H and O–H groups in total. The molecule has 3 atom stereocenters. The summed E-state index contributed by atoms with van der Waals surface area (Å²) in [6.45, 7) is 12.5. The zero-order chi connectivity index (χ0) is 26.0. The Morgan fingerprint density at radius 1 is 0.556 bits per heavy atom. The maximum Gasteiger partial charge on any atom is 0.209 e. The third-order valence-electron chi connectivity index (χ3n) is 9.28. The first kappa shape index (κ1) is 32.5. The van der Waals surface area contributed by atoms with Gasteiger partial charge in [0.1, 0.15) is 5.22 Å². The molecule has 0 aromatic rings. The maximum atomic E-state index is 6.76. The second kappa shape index (κ2) is 19.4. The van der Waals surface area contributed by atoms with Gasteiger partial charge in [-0.15, -0.1) is 0 Å². The Morgan fingerprint density at radius 2 is 0.972 bits per heavy atom. The van der Waals surface area contributed by atoms with E-state index in [9.17, 15) is 0 Å². The topological polar surface area (TPSA) is 27.7 Å². The maximum absolute atomic E-state index is 6.76. The molecule has 3 nitrogen and oxygen atoms in total. The van der Waals surface area contributed by atoms with Crippen molar-refractivity contribution < 1.29 is 13.9 Å². The molecule has 0 aromatic heterocycles. The standard InChI is InChI=1S/C31H64O3Si2/c1-5-6-7-8-9-10-11-12-13-14-15-16-17-18-19-22-29-34-36(4)31(26-21-24-28-33-31)30(35(2)3)25-20-23-27-32-30/h35-36H,5-29H2,1-4H3. The predicted octanol–water partition coefficient (Wildman–Crippen LogP) is 9.06. The van der Waals surface area contributed by atoms with Crippen LogP contribution in [-0.2, 0) is 13.9 Å². The van der Waals surface area contributed by atoms with E-state index in [-0.39, 0.29) is 10.4 Å². The lowest BCUT2D eigenvalue weighted by molar-refractivity contribution is -0.170. The molecular formula is C31H64O3Si2. The first-order valence-electron chi connectivity index (χ1n) is 16.5. The van der Waals surface area contributed by atoms with Crippen LogP contribution in [0.1, 0.15) is 148 Å². The molecule has 2 fully saturated rings. The molecule has 0 amide bonds. The Labute approximate surface area is 229 Å². The van der Waals surface area contributed by atoms with Crippen molar-refractivity contribution in [3.8, 4) is 0 Å². The van der Waals surface area contributed by atoms with Gasteiger partial charge in [-0.3, -0.25) is 0 Å². The average molecular weight is 541 g/mol. The molecule has 0 spiro atoms. The van der Waals surface area contributed by atoms with Gasteiger partial charge in [0.15, 0.2) is 0 Å². The minimum Gasteiger partial charge on any atom is -0.417 e. The second-order valence-corrected chi connectivity index (χ2v) is 18.2. The highest BCUT2D eigenvalue weighted by Gasteiger charge is 2.60. The Kier molecular flexibility index (Phi) is 17.5. The van der Waals surface area contributed by atoms with Crippen LogP contribution in [0.4, 0.5) is 0 Å². The summed E-state index contributed by atoms with van der Waals surface area (Å²) < 4.78 is 20.2. The Hall–Kier alpha value is 0.314. The summed E-state index contributed by atoms with van der Waals surface area (Å²) >= 11 is 0. The number of rotatable bonds is 21. The smallest absolute Gasteiger partial charge is 0.209 e. The summed E-state index contributed by atoms with van der Waals surface area (Å²) in [4.78, 5) is 0. The zero-order valence-electron chi connectivity index (χ0n) is 25.1. The molecule has 0 radical (unpaired) electrons. The molecule has 36 heavy (non-hydrogen) atoms. The highest BCUT2D eigenvalue weighted by molar-refractivity contribution is 6.64. The van der Waals surface area contributed by atoms with E-state index in [1.807, 2.05) is 0 Å². The minimum absolute atomic E-state index is 0.00590. The molecule has 2 rings (SSSR count). The van der Waals surface area contributed by atoms with Crippen LogP contribution < -0.4 is 0 Å². The van der Waals surface area contributed by atoms with Crippen LogP contribution in [0.5, 0.6) is 0 Å². The van der Waals surface area contributed by atoms with Crippen LogP contribution in [0.15, 0.2) is 0 Å². The highest BCUT2D eigenvalue weighted by Crippen LogP contribution is 2.46. The van der Waals surface area contributed by atoms with Gasteiger partial charge in [-0.2, -0.15) is 0 Å². The van der Waals surface area contributed by atoms with Gasteiger partial charge < -0.3 is 13.9 Å². The van der Waals surface area contributed by atoms with E-state index in [1.165, 1.54) is 141 Å². The number of unbranched alkanes of at least 4 members (excludes halogenated alkanes) is 15. The van der Waals surface area contributed by atoms with Gasteiger partial charge in [-0.05, 0) is 51.5 Å². The van der Waals surface area contributed by atoms with Gasteiger partial charge in [0.2, 0.25) is 9.04 Å². The van der Waals surface area contributed by atoms with Crippen molar-refractivity contribution in [3.05, 3.63) is 0 Å². The predicted molar refractivity (Wildman–Crippen MR) is 162 cm³/mol. The summed E-state index contributed by atoms with van der Waals surface area (Å²) in [5.74, 6) is 0. The van der Waals surface area contributed by atoms with Crippen molar-refractivity contribution in [2.75, 3.05) is 19.8 Å². The molecule has 2 aliphatic heterocycles. The molecule has 0 saturated carbocycles. The SMILES string of the molecule is CCCCCCCCCCCCCCCCCCO[SiH](C)C1(C2([SiH](C)C)CCCCO2)CCCCO1. The number of hydrogen-bond acceptors (Lipinski definition) is 3. The summed E-state index contributed by atoms with van der Waals surface area (Å²) in [5.41, 5.74) is 0. The quantitative estimate of drug-likeness (QED) is 0.107. The third kappa shape index (κ3) is 10.5. The normalized spacial score (nSPS) is 25.9. The van der Waals surface area contributed by atoms with E-state index in [1.54, 1.807) is 0 Å². The van der Waals surface area contributed by atoms with Crippen LogP contribution in [0.3, 0.4) is 0 Å². The van der Waals surface area contributed by atoms with Crippen molar-refractivity contribution in [1.29, 1.82) is 0 Å². The van der Waals surface area contributed by atoms with Gasteiger partial charge in [0, 0.05) is 19.8 Å². The molecule has 0 aromatic carbocycles. The lowest BCUT2D eigenvalue weighted by atomic mass is 9.96. The van der Waals surface area contributed by atoms with Crippen LogP contribution >= 0.6 is 0 Å². The summed E-state index contributed by atoms with van der Waals surface area (Å²) in [6.07, 6.45) is 30.1. The number of ether oxygens (including phenoxy) is 2. The van der Waals surface area contributed by atoms with Crippen molar-refractivity contribution >= 4 is 17.8 Å². The van der Waals surface area contributed by atoms with Gasteiger partial charge in [-0.1, -0.05) is 116 Å². The van der Waals surface area contributed by atoms with Crippen molar-refractivity contribution in [2.45, 2.75) is 178 Å². The fraction of sp³-hybridized carbons (Fsp3) is 1.00. The van der Waals surface area contributed by atoms with E-state index in [0.717, 1.165) is 19.8 Å². The van der Waals surface area contributed by atoms with Gasteiger partial charge in [-0.25, -0.2) is 0 Å². The van der Waals surface area contributed by atoms with Crippen LogP contribution in [-0.4, -0.2) is 48.1 Å². The van der Waals surface area contributed by atoms with Crippen LogP contribution in [0.25, 0.3) is 0 Å². The zero-order valence-corrected chi connectivity index (χ0v) is 27.4. The lowest BCUT2D eigenvalue weighted by Gasteiger charge is -2.57. The van der Waals surface area contributed by atoms with E-state index in [0.29, 0.717) is 0 Å². The van der Waals surface area contributed by atoms with Crippen molar-refractivity contribution in [1.82, 2.24) is 0 Å². The van der Waals surface area contributed by atoms with Crippen LogP contribution in [0.2, 0.25) is 19.6 Å². The molecule has 0 aliphatic carbocycles. The molecule has 3 unspecified atom stereocenters. The number of hydrogen-bond donors (Lipinski definition) is 0. The van der Waals surface area contributed by atoms with Gasteiger partial charge in [0.25, 0.3) is 0 Å². The summed E-state index contributed by atoms with van der Waals surface area (Å²) in [6, 6.07) is 0. The van der Waals surface area contributed by atoms with Crippen molar-refractivity contribution in [2.24, 2.45) is 0 Å². The molecule has 2 aliphatic rings. The molecule has 214 valence electrons. The molecule has 0 bridgehead atoms. The summed E-state index contributed by atoms with van der Waals surface area (Å²) in [7, 11) is -2.58. The molecular weight excluding hydrogens is 477 g/mol. The Balaban J connectivity index is 1.54. The Morgan fingerprint density at radius 3 is 1.36 bits per heavy atom.